The number of amides is 1. The minimum absolute atomic E-state index is 0.131. The topological polar surface area (TPSA) is 65.7 Å². The van der Waals surface area contributed by atoms with Crippen molar-refractivity contribution >= 4 is 11.7 Å². The molecule has 0 unspecified atom stereocenters. The fourth-order valence-electron chi connectivity index (χ4n) is 2.79. The number of aryl methyl sites for hydroxylation is 1. The van der Waals surface area contributed by atoms with E-state index >= 15 is 0 Å². The molecule has 0 bridgehead atoms. The molecule has 0 spiro atoms. The number of nitrogens with zero attached hydrogens (tertiary/aromatic N) is 5. The lowest BCUT2D eigenvalue weighted by Crippen LogP contribution is -2.38. The third-order valence-electron chi connectivity index (χ3n) is 4.15. The number of carbonyl (C=O) groups is 1. The van der Waals surface area contributed by atoms with Gasteiger partial charge in [-0.3, -0.25) is 4.79 Å². The maximum atomic E-state index is 12.6. The van der Waals surface area contributed by atoms with E-state index in [0.29, 0.717) is 13.1 Å². The third-order valence-corrected chi connectivity index (χ3v) is 4.15. The molecule has 0 aliphatic carbocycles. The van der Waals surface area contributed by atoms with Gasteiger partial charge in [0.1, 0.15) is 5.82 Å². The molecule has 1 aliphatic rings. The zero-order valence-corrected chi connectivity index (χ0v) is 14.4. The van der Waals surface area contributed by atoms with Gasteiger partial charge in [0.25, 0.3) is 5.91 Å². The number of carbonyl (C=O) groups excluding carboxylic acids is 1. The van der Waals surface area contributed by atoms with Crippen LogP contribution in [0.25, 0.3) is 0 Å². The summed E-state index contributed by atoms with van der Waals surface area (Å²) < 4.78 is 5.03. The number of pyridine rings is 1. The second-order valence-electron chi connectivity index (χ2n) is 6.33. The first kappa shape index (κ1) is 16.4. The van der Waals surface area contributed by atoms with Crippen molar-refractivity contribution in [2.24, 2.45) is 0 Å². The molecule has 3 heterocycles. The van der Waals surface area contributed by atoms with Gasteiger partial charge in [-0.2, -0.15) is 0 Å². The van der Waals surface area contributed by atoms with Crippen LogP contribution < -0.4 is 4.90 Å². The highest BCUT2D eigenvalue weighted by atomic mass is 16.5. The van der Waals surface area contributed by atoms with Gasteiger partial charge in [0, 0.05) is 50.0 Å². The summed E-state index contributed by atoms with van der Waals surface area (Å²) in [4.78, 5) is 23.5. The minimum atomic E-state index is -0.131. The van der Waals surface area contributed by atoms with Crippen LogP contribution >= 0.6 is 0 Å². The van der Waals surface area contributed by atoms with Crippen LogP contribution in [-0.2, 0) is 6.54 Å². The molecule has 2 aromatic heterocycles. The van der Waals surface area contributed by atoms with Gasteiger partial charge in [-0.1, -0.05) is 11.2 Å². The Morgan fingerprint density at radius 1 is 1.29 bits per heavy atom. The van der Waals surface area contributed by atoms with E-state index in [2.05, 4.69) is 35.1 Å². The Hall–Kier alpha value is -2.41. The van der Waals surface area contributed by atoms with Gasteiger partial charge < -0.3 is 19.2 Å². The van der Waals surface area contributed by atoms with Gasteiger partial charge in [-0.25, -0.2) is 4.98 Å². The Morgan fingerprint density at radius 3 is 2.83 bits per heavy atom. The average molecular weight is 329 g/mol. The summed E-state index contributed by atoms with van der Waals surface area (Å²) in [7, 11) is 4.12. The molecule has 0 saturated heterocycles. The molecule has 0 radical (unpaired) electrons. The van der Waals surface area contributed by atoms with Crippen LogP contribution in [0.1, 0.15) is 21.8 Å². The maximum Gasteiger partial charge on any atom is 0.292 e. The van der Waals surface area contributed by atoms with E-state index in [9.17, 15) is 4.79 Å². The van der Waals surface area contributed by atoms with E-state index in [0.717, 1.165) is 36.7 Å². The Bertz CT molecular complexity index is 699. The summed E-state index contributed by atoms with van der Waals surface area (Å²) in [5.74, 6) is 1.12. The summed E-state index contributed by atoms with van der Waals surface area (Å²) >= 11 is 0. The molecule has 0 atom stereocenters. The van der Waals surface area contributed by atoms with Crippen molar-refractivity contribution in [1.82, 2.24) is 19.9 Å². The van der Waals surface area contributed by atoms with Crippen LogP contribution in [-0.4, -0.2) is 66.1 Å². The molecule has 2 aromatic rings. The molecule has 24 heavy (non-hydrogen) atoms. The van der Waals surface area contributed by atoms with Gasteiger partial charge in [0.05, 0.1) is 6.20 Å². The van der Waals surface area contributed by atoms with Crippen LogP contribution in [0.5, 0.6) is 0 Å². The largest absolute Gasteiger partial charge is 0.353 e. The number of anilines is 1. The lowest BCUT2D eigenvalue weighted by molar-refractivity contribution is 0.0709. The molecule has 0 fully saturated rings. The van der Waals surface area contributed by atoms with E-state index in [-0.39, 0.29) is 11.7 Å². The molecular weight excluding hydrogens is 306 g/mol. The highest BCUT2D eigenvalue weighted by Gasteiger charge is 2.26. The van der Waals surface area contributed by atoms with Gasteiger partial charge in [-0.15, -0.1) is 0 Å². The summed E-state index contributed by atoms with van der Waals surface area (Å²) in [6.45, 7) is 5.71. The fourth-order valence-corrected chi connectivity index (χ4v) is 2.79. The predicted molar refractivity (Wildman–Crippen MR) is 91.0 cm³/mol. The van der Waals surface area contributed by atoms with Crippen molar-refractivity contribution in [3.05, 3.63) is 41.4 Å². The molecule has 3 rings (SSSR count). The summed E-state index contributed by atoms with van der Waals surface area (Å²) in [5.41, 5.74) is 2.04. The average Bonchev–Trinajstić information content (AvgIpc) is 3.02. The van der Waals surface area contributed by atoms with Crippen LogP contribution in [0, 0.1) is 6.92 Å². The first-order valence-corrected chi connectivity index (χ1v) is 8.11. The fraction of sp³-hybridized carbons (Fsp3) is 0.471. The van der Waals surface area contributed by atoms with E-state index in [1.165, 1.54) is 6.20 Å². The van der Waals surface area contributed by atoms with Crippen molar-refractivity contribution < 1.29 is 9.32 Å². The zero-order chi connectivity index (χ0) is 17.1. The molecule has 0 N–H and O–H groups in total. The monoisotopic (exact) mass is 329 g/mol. The molecule has 0 saturated carbocycles. The number of fused-ring (bicyclic) bond motifs is 1. The van der Waals surface area contributed by atoms with Gasteiger partial charge >= 0.3 is 0 Å². The van der Waals surface area contributed by atoms with E-state index in [1.807, 2.05) is 13.0 Å². The molecular formula is C17H23N5O2. The Morgan fingerprint density at radius 2 is 2.12 bits per heavy atom. The predicted octanol–water partition coefficient (Wildman–Crippen LogP) is 1.40. The van der Waals surface area contributed by atoms with Gasteiger partial charge in [0.2, 0.25) is 5.76 Å². The van der Waals surface area contributed by atoms with Crippen LogP contribution in [0.15, 0.2) is 28.9 Å². The summed E-state index contributed by atoms with van der Waals surface area (Å²) in [5, 5.41) is 3.63. The Balaban J connectivity index is 1.85. The van der Waals surface area contributed by atoms with Gasteiger partial charge in [0.15, 0.2) is 0 Å². The van der Waals surface area contributed by atoms with Crippen molar-refractivity contribution in [3.8, 4) is 0 Å². The van der Waals surface area contributed by atoms with Crippen LogP contribution in [0.4, 0.5) is 5.82 Å². The summed E-state index contributed by atoms with van der Waals surface area (Å²) in [6, 6.07) is 5.66. The number of likely N-dealkylation sites (N-methyl/N-ethyl adjacent to an activating group) is 1. The molecule has 1 aliphatic heterocycles. The second kappa shape index (κ2) is 7.00. The SMILES string of the molecule is Cc1ccc2c(n1)N(CCN(C)C)CCN(C(=O)c1ccno1)C2. The number of hydrogen-bond donors (Lipinski definition) is 0. The highest BCUT2D eigenvalue weighted by Crippen LogP contribution is 2.24. The number of hydrogen-bond acceptors (Lipinski definition) is 6. The molecule has 0 aromatic carbocycles. The quantitative estimate of drug-likeness (QED) is 0.845. The molecule has 128 valence electrons. The molecule has 7 nitrogen and oxygen atoms in total. The second-order valence-corrected chi connectivity index (χ2v) is 6.33. The molecule has 7 heteroatoms. The first-order chi connectivity index (χ1) is 11.5. The standard InChI is InChI=1S/C17H23N5O2/c1-13-4-5-14-12-22(17(23)15-6-7-18-24-15)11-10-21(16(14)19-13)9-8-20(2)3/h4-7H,8-12H2,1-3H3. The lowest BCUT2D eigenvalue weighted by atomic mass is 10.2. The van der Waals surface area contributed by atoms with Crippen molar-refractivity contribution in [1.29, 1.82) is 0 Å². The Labute approximate surface area is 141 Å². The van der Waals surface area contributed by atoms with Crippen molar-refractivity contribution in [2.75, 3.05) is 45.2 Å². The minimum Gasteiger partial charge on any atom is -0.353 e. The number of aromatic nitrogens is 2. The first-order valence-electron chi connectivity index (χ1n) is 8.11. The van der Waals surface area contributed by atoms with Crippen LogP contribution in [0.2, 0.25) is 0 Å². The third kappa shape index (κ3) is 3.56. The smallest absolute Gasteiger partial charge is 0.292 e. The van der Waals surface area contributed by atoms with Crippen molar-refractivity contribution in [3.63, 3.8) is 0 Å². The maximum absolute atomic E-state index is 12.6. The lowest BCUT2D eigenvalue weighted by Gasteiger charge is -2.25. The highest BCUT2D eigenvalue weighted by molar-refractivity contribution is 5.91. The Kier molecular flexibility index (Phi) is 4.80. The summed E-state index contributed by atoms with van der Waals surface area (Å²) in [6.07, 6.45) is 1.49. The van der Waals surface area contributed by atoms with Crippen LogP contribution in [0.3, 0.4) is 0 Å². The van der Waals surface area contributed by atoms with E-state index in [4.69, 9.17) is 9.51 Å². The number of rotatable bonds is 4. The normalized spacial score (nSPS) is 14.7. The van der Waals surface area contributed by atoms with E-state index < -0.39 is 0 Å². The zero-order valence-electron chi connectivity index (χ0n) is 14.4. The van der Waals surface area contributed by atoms with Gasteiger partial charge in [-0.05, 0) is 27.1 Å². The van der Waals surface area contributed by atoms with E-state index in [1.54, 1.807) is 11.0 Å². The van der Waals surface area contributed by atoms with Crippen molar-refractivity contribution in [2.45, 2.75) is 13.5 Å². The molecule has 1 amide bonds.